The van der Waals surface area contributed by atoms with Gasteiger partial charge in [-0.1, -0.05) is 0 Å². The van der Waals surface area contributed by atoms with Crippen molar-refractivity contribution >= 4 is 21.2 Å². The number of methoxy groups -OCH3 is 1. The van der Waals surface area contributed by atoms with Crippen molar-refractivity contribution in [3.05, 3.63) is 29.3 Å². The fraction of sp³-hybridized carbons (Fsp3) is 0.471. The molecule has 2 rings (SSSR count). The standard InChI is InChI=1S/C17H23NO6S2/c1-3-24-15-5-4-13(10-16(15)22-2)17-18-14(11-25-17)12-26(20,21)9-8-23-7-6-19/h4-5,10-11,19H,3,6-9,12H2,1-2H3. The van der Waals surface area contributed by atoms with Crippen LogP contribution in [-0.4, -0.2) is 57.8 Å². The van der Waals surface area contributed by atoms with Crippen LogP contribution in [0.4, 0.5) is 0 Å². The molecule has 0 saturated carbocycles. The number of rotatable bonds is 11. The molecule has 144 valence electrons. The van der Waals surface area contributed by atoms with Gasteiger partial charge in [0.25, 0.3) is 0 Å². The second-order valence-electron chi connectivity index (χ2n) is 5.37. The third-order valence-electron chi connectivity index (χ3n) is 3.40. The summed E-state index contributed by atoms with van der Waals surface area (Å²) in [6.07, 6.45) is 0. The lowest BCUT2D eigenvalue weighted by molar-refractivity contribution is 0.103. The summed E-state index contributed by atoms with van der Waals surface area (Å²) in [6.45, 7) is 2.51. The molecule has 0 aliphatic carbocycles. The lowest BCUT2D eigenvalue weighted by Crippen LogP contribution is -2.15. The minimum atomic E-state index is -3.32. The van der Waals surface area contributed by atoms with Crippen molar-refractivity contribution in [2.75, 3.05) is 39.3 Å². The van der Waals surface area contributed by atoms with Gasteiger partial charge in [0.05, 0.1) is 50.7 Å². The van der Waals surface area contributed by atoms with Gasteiger partial charge in [0.1, 0.15) is 5.01 Å². The van der Waals surface area contributed by atoms with Crippen molar-refractivity contribution in [3.8, 4) is 22.1 Å². The molecule has 7 nitrogen and oxygen atoms in total. The molecule has 0 unspecified atom stereocenters. The number of thiazole rings is 1. The van der Waals surface area contributed by atoms with Gasteiger partial charge in [-0.15, -0.1) is 11.3 Å². The minimum Gasteiger partial charge on any atom is -0.493 e. The van der Waals surface area contributed by atoms with Crippen molar-refractivity contribution < 1.29 is 27.7 Å². The van der Waals surface area contributed by atoms with Crippen LogP contribution in [-0.2, 0) is 20.3 Å². The highest BCUT2D eigenvalue weighted by molar-refractivity contribution is 7.90. The number of aliphatic hydroxyl groups is 1. The molecule has 9 heteroatoms. The van der Waals surface area contributed by atoms with Crippen LogP contribution in [0.2, 0.25) is 0 Å². The minimum absolute atomic E-state index is 0.0655. The summed E-state index contributed by atoms with van der Waals surface area (Å²) in [7, 11) is -1.75. The number of hydrogen-bond acceptors (Lipinski definition) is 8. The molecule has 1 aromatic carbocycles. The van der Waals surface area contributed by atoms with E-state index in [4.69, 9.17) is 19.3 Å². The van der Waals surface area contributed by atoms with E-state index in [1.165, 1.54) is 11.3 Å². The SMILES string of the molecule is CCOc1ccc(-c2nc(CS(=O)(=O)CCOCCO)cs2)cc1OC. The molecule has 1 aromatic heterocycles. The zero-order chi connectivity index (χ0) is 19.0. The smallest absolute Gasteiger partial charge is 0.161 e. The Morgan fingerprint density at radius 1 is 1.23 bits per heavy atom. The van der Waals surface area contributed by atoms with Crippen LogP contribution in [0.5, 0.6) is 11.5 Å². The fourth-order valence-electron chi connectivity index (χ4n) is 2.23. The van der Waals surface area contributed by atoms with E-state index >= 15 is 0 Å². The molecule has 26 heavy (non-hydrogen) atoms. The first kappa shape index (κ1) is 20.6. The van der Waals surface area contributed by atoms with Gasteiger partial charge >= 0.3 is 0 Å². The highest BCUT2D eigenvalue weighted by Gasteiger charge is 2.16. The summed E-state index contributed by atoms with van der Waals surface area (Å²) in [5.41, 5.74) is 1.34. The summed E-state index contributed by atoms with van der Waals surface area (Å²) >= 11 is 1.38. The van der Waals surface area contributed by atoms with E-state index < -0.39 is 9.84 Å². The predicted molar refractivity (Wildman–Crippen MR) is 101 cm³/mol. The maximum atomic E-state index is 12.1. The first-order valence-corrected chi connectivity index (χ1v) is 10.8. The molecule has 0 aliphatic heterocycles. The Labute approximate surface area is 157 Å². The van der Waals surface area contributed by atoms with Crippen molar-refractivity contribution in [2.45, 2.75) is 12.7 Å². The summed E-state index contributed by atoms with van der Waals surface area (Å²) in [5, 5.41) is 11.1. The van der Waals surface area contributed by atoms with Crippen molar-refractivity contribution in [3.63, 3.8) is 0 Å². The van der Waals surface area contributed by atoms with Crippen molar-refractivity contribution in [2.24, 2.45) is 0 Å². The molecule has 0 saturated heterocycles. The van der Waals surface area contributed by atoms with Crippen LogP contribution >= 0.6 is 11.3 Å². The molecule has 0 aliphatic rings. The predicted octanol–water partition coefficient (Wildman–Crippen LogP) is 2.14. The lowest BCUT2D eigenvalue weighted by Gasteiger charge is -2.09. The van der Waals surface area contributed by atoms with Gasteiger partial charge in [0.15, 0.2) is 21.3 Å². The van der Waals surface area contributed by atoms with Gasteiger partial charge in [-0.25, -0.2) is 13.4 Å². The zero-order valence-corrected chi connectivity index (χ0v) is 16.4. The average molecular weight is 402 g/mol. The summed E-state index contributed by atoms with van der Waals surface area (Å²) in [5.74, 6) is 1.02. The normalized spacial score (nSPS) is 11.5. The second kappa shape index (κ2) is 9.86. The van der Waals surface area contributed by atoms with Gasteiger partial charge in [0.2, 0.25) is 0 Å². The van der Waals surface area contributed by atoms with E-state index in [1.807, 2.05) is 25.1 Å². The molecule has 0 fully saturated rings. The highest BCUT2D eigenvalue weighted by Crippen LogP contribution is 2.34. The van der Waals surface area contributed by atoms with E-state index in [1.54, 1.807) is 12.5 Å². The maximum Gasteiger partial charge on any atom is 0.161 e. The third-order valence-corrected chi connectivity index (χ3v) is 5.87. The second-order valence-corrected chi connectivity index (χ2v) is 8.41. The third kappa shape index (κ3) is 5.94. The number of sulfone groups is 1. The maximum absolute atomic E-state index is 12.1. The van der Waals surface area contributed by atoms with Gasteiger partial charge in [-0.2, -0.15) is 0 Å². The summed E-state index contributed by atoms with van der Waals surface area (Å²) in [4.78, 5) is 4.42. The van der Waals surface area contributed by atoms with E-state index in [9.17, 15) is 8.42 Å². The molecule has 0 atom stereocenters. The molecule has 0 radical (unpaired) electrons. The molecule has 0 bridgehead atoms. The number of nitrogens with zero attached hydrogens (tertiary/aromatic N) is 1. The van der Waals surface area contributed by atoms with Crippen LogP contribution in [0.15, 0.2) is 23.6 Å². The number of aromatic nitrogens is 1. The number of aliphatic hydroxyl groups excluding tert-OH is 1. The first-order chi connectivity index (χ1) is 12.5. The van der Waals surface area contributed by atoms with Gasteiger partial charge < -0.3 is 19.3 Å². The fourth-order valence-corrected chi connectivity index (χ4v) is 4.27. The summed E-state index contributed by atoms with van der Waals surface area (Å²) < 4.78 is 40.1. The van der Waals surface area contributed by atoms with Crippen LogP contribution in [0.1, 0.15) is 12.6 Å². The quantitative estimate of drug-likeness (QED) is 0.576. The highest BCUT2D eigenvalue weighted by atomic mass is 32.2. The van der Waals surface area contributed by atoms with E-state index in [0.29, 0.717) is 28.8 Å². The Balaban J connectivity index is 2.07. The Morgan fingerprint density at radius 2 is 2.04 bits per heavy atom. The summed E-state index contributed by atoms with van der Waals surface area (Å²) in [6, 6.07) is 5.51. The number of hydrogen-bond donors (Lipinski definition) is 1. The van der Waals surface area contributed by atoms with Crippen LogP contribution < -0.4 is 9.47 Å². The number of benzene rings is 1. The van der Waals surface area contributed by atoms with E-state index in [-0.39, 0.29) is 31.3 Å². The first-order valence-electron chi connectivity index (χ1n) is 8.13. The Morgan fingerprint density at radius 3 is 2.73 bits per heavy atom. The molecule has 2 aromatic rings. The van der Waals surface area contributed by atoms with Crippen molar-refractivity contribution in [1.29, 1.82) is 0 Å². The molecular formula is C17H23NO6S2. The topological polar surface area (TPSA) is 95.0 Å². The molecule has 0 spiro atoms. The van der Waals surface area contributed by atoms with Crippen molar-refractivity contribution in [1.82, 2.24) is 4.98 Å². The zero-order valence-electron chi connectivity index (χ0n) is 14.8. The van der Waals surface area contributed by atoms with Crippen LogP contribution in [0.25, 0.3) is 10.6 Å². The van der Waals surface area contributed by atoms with E-state index in [0.717, 1.165) is 5.56 Å². The Hall–Kier alpha value is -1.68. The molecule has 0 amide bonds. The Bertz CT molecular complexity index is 803. The monoisotopic (exact) mass is 401 g/mol. The average Bonchev–Trinajstić information content (AvgIpc) is 3.07. The largest absolute Gasteiger partial charge is 0.493 e. The molecule has 1 N–H and O–H groups in total. The van der Waals surface area contributed by atoms with Crippen LogP contribution in [0, 0.1) is 0 Å². The lowest BCUT2D eigenvalue weighted by atomic mass is 10.2. The van der Waals surface area contributed by atoms with Gasteiger partial charge in [0, 0.05) is 10.9 Å². The van der Waals surface area contributed by atoms with Gasteiger partial charge in [-0.05, 0) is 25.1 Å². The molecule has 1 heterocycles. The van der Waals surface area contributed by atoms with Gasteiger partial charge in [-0.3, -0.25) is 0 Å². The molecular weight excluding hydrogens is 378 g/mol. The van der Waals surface area contributed by atoms with Crippen LogP contribution in [0.3, 0.4) is 0 Å². The number of ether oxygens (including phenoxy) is 3. The Kier molecular flexibility index (Phi) is 7.83. The van der Waals surface area contributed by atoms with E-state index in [2.05, 4.69) is 4.98 Å².